The van der Waals surface area contributed by atoms with Crippen molar-refractivity contribution >= 4 is 28.2 Å². The van der Waals surface area contributed by atoms with Crippen molar-refractivity contribution in [1.29, 1.82) is 0 Å². The van der Waals surface area contributed by atoms with Crippen LogP contribution in [0.3, 0.4) is 0 Å². The van der Waals surface area contributed by atoms with E-state index in [9.17, 15) is 15.0 Å². The summed E-state index contributed by atoms with van der Waals surface area (Å²) in [4.78, 5) is 16.0. The van der Waals surface area contributed by atoms with Crippen LogP contribution >= 0.6 is 0 Å². The van der Waals surface area contributed by atoms with Crippen molar-refractivity contribution in [3.63, 3.8) is 0 Å². The molecule has 0 aliphatic heterocycles. The first kappa shape index (κ1) is 14.5. The van der Waals surface area contributed by atoms with Crippen LogP contribution < -0.4 is 10.4 Å². The third kappa shape index (κ3) is 2.44. The van der Waals surface area contributed by atoms with Crippen LogP contribution in [0.1, 0.15) is 28.0 Å². The number of aryl methyl sites for hydroxylation is 1. The van der Waals surface area contributed by atoms with Crippen molar-refractivity contribution in [3.05, 3.63) is 59.3 Å². The van der Waals surface area contributed by atoms with E-state index in [1.165, 1.54) is 12.1 Å². The minimum absolute atomic E-state index is 0.0683. The number of rotatable bonds is 3. The van der Waals surface area contributed by atoms with Crippen LogP contribution in [0.5, 0.6) is 5.75 Å². The SMILES string of the molecule is O=C(O)c1ccc2nc3c(c(Nc4cccc([O-])c4)c2c1)CCC3. The van der Waals surface area contributed by atoms with E-state index < -0.39 is 5.97 Å². The molecule has 1 heterocycles. The van der Waals surface area contributed by atoms with Crippen molar-refractivity contribution in [2.24, 2.45) is 0 Å². The summed E-state index contributed by atoms with van der Waals surface area (Å²) in [6.45, 7) is 0. The number of hydrogen-bond acceptors (Lipinski definition) is 4. The third-order valence-electron chi connectivity index (χ3n) is 4.36. The Morgan fingerprint density at radius 2 is 2.04 bits per heavy atom. The molecule has 1 aliphatic carbocycles. The van der Waals surface area contributed by atoms with Gasteiger partial charge in [-0.3, -0.25) is 4.98 Å². The first-order chi connectivity index (χ1) is 11.6. The van der Waals surface area contributed by atoms with Crippen LogP contribution in [0, 0.1) is 0 Å². The highest BCUT2D eigenvalue weighted by atomic mass is 16.4. The molecular formula is C19H15N2O3-. The van der Waals surface area contributed by atoms with Crippen LogP contribution in [-0.2, 0) is 12.8 Å². The molecule has 5 nitrogen and oxygen atoms in total. The van der Waals surface area contributed by atoms with Gasteiger partial charge in [0.2, 0.25) is 0 Å². The van der Waals surface area contributed by atoms with Gasteiger partial charge in [-0.2, -0.15) is 0 Å². The van der Waals surface area contributed by atoms with Crippen molar-refractivity contribution in [2.75, 3.05) is 5.32 Å². The summed E-state index contributed by atoms with van der Waals surface area (Å²) in [5.41, 5.74) is 4.71. The molecule has 3 aromatic rings. The number of nitrogens with one attached hydrogen (secondary N) is 1. The van der Waals surface area contributed by atoms with Crippen molar-refractivity contribution in [2.45, 2.75) is 19.3 Å². The molecule has 120 valence electrons. The van der Waals surface area contributed by atoms with Crippen LogP contribution in [0.25, 0.3) is 10.9 Å². The lowest BCUT2D eigenvalue weighted by Crippen LogP contribution is -2.02. The molecule has 1 aromatic heterocycles. The van der Waals surface area contributed by atoms with E-state index in [1.54, 1.807) is 24.3 Å². The van der Waals surface area contributed by atoms with Gasteiger partial charge >= 0.3 is 5.97 Å². The molecule has 1 aliphatic rings. The molecule has 24 heavy (non-hydrogen) atoms. The second kappa shape index (κ2) is 5.53. The normalized spacial score (nSPS) is 13.0. The van der Waals surface area contributed by atoms with Gasteiger partial charge in [-0.15, -0.1) is 5.75 Å². The molecule has 2 aromatic carbocycles. The number of carboxylic acid groups (broad SMARTS) is 1. The highest BCUT2D eigenvalue weighted by molar-refractivity contribution is 6.00. The lowest BCUT2D eigenvalue weighted by molar-refractivity contribution is -0.268. The molecule has 0 fully saturated rings. The minimum Gasteiger partial charge on any atom is -0.872 e. The predicted octanol–water partition coefficient (Wildman–Crippen LogP) is 3.24. The van der Waals surface area contributed by atoms with Crippen molar-refractivity contribution < 1.29 is 15.0 Å². The van der Waals surface area contributed by atoms with Gasteiger partial charge in [0.05, 0.1) is 16.8 Å². The number of aromatic carboxylic acids is 1. The fraction of sp³-hybridized carbons (Fsp3) is 0.158. The van der Waals surface area contributed by atoms with Gasteiger partial charge in [-0.05, 0) is 55.2 Å². The lowest BCUT2D eigenvalue weighted by atomic mass is 10.0. The van der Waals surface area contributed by atoms with Gasteiger partial charge in [0, 0.05) is 16.8 Å². The topological polar surface area (TPSA) is 85.3 Å². The van der Waals surface area contributed by atoms with E-state index >= 15 is 0 Å². The number of fused-ring (bicyclic) bond motifs is 2. The van der Waals surface area contributed by atoms with E-state index in [2.05, 4.69) is 10.3 Å². The summed E-state index contributed by atoms with van der Waals surface area (Å²) in [5.74, 6) is -1.04. The maximum atomic E-state index is 11.6. The first-order valence-corrected chi connectivity index (χ1v) is 7.85. The monoisotopic (exact) mass is 319 g/mol. The van der Waals surface area contributed by atoms with Crippen molar-refractivity contribution in [3.8, 4) is 5.75 Å². The number of nitrogens with zero attached hydrogens (tertiary/aromatic N) is 1. The molecule has 4 rings (SSSR count). The average Bonchev–Trinajstić information content (AvgIpc) is 3.02. The smallest absolute Gasteiger partial charge is 0.335 e. The number of aromatic nitrogens is 1. The van der Waals surface area contributed by atoms with Crippen LogP contribution in [0.15, 0.2) is 42.5 Å². The molecule has 0 amide bonds. The summed E-state index contributed by atoms with van der Waals surface area (Å²) in [6, 6.07) is 11.5. The number of hydrogen-bond donors (Lipinski definition) is 2. The molecule has 0 spiro atoms. The molecule has 0 saturated heterocycles. The zero-order chi connectivity index (χ0) is 16.7. The quantitative estimate of drug-likeness (QED) is 0.774. The molecule has 0 atom stereocenters. The summed E-state index contributed by atoms with van der Waals surface area (Å²) < 4.78 is 0. The Morgan fingerprint density at radius 3 is 2.83 bits per heavy atom. The summed E-state index contributed by atoms with van der Waals surface area (Å²) in [5, 5.41) is 25.0. The van der Waals surface area contributed by atoms with Crippen LogP contribution in [0.4, 0.5) is 11.4 Å². The molecule has 0 unspecified atom stereocenters. The molecule has 2 N–H and O–H groups in total. The zero-order valence-corrected chi connectivity index (χ0v) is 12.9. The van der Waals surface area contributed by atoms with Gasteiger partial charge in [-0.1, -0.05) is 12.1 Å². The highest BCUT2D eigenvalue weighted by Crippen LogP contribution is 2.36. The van der Waals surface area contributed by atoms with E-state index in [0.717, 1.165) is 47.1 Å². The fourth-order valence-corrected chi connectivity index (χ4v) is 3.26. The molecular weight excluding hydrogens is 304 g/mol. The Kier molecular flexibility index (Phi) is 3.34. The maximum absolute atomic E-state index is 11.6. The van der Waals surface area contributed by atoms with Crippen LogP contribution in [0.2, 0.25) is 0 Å². The second-order valence-corrected chi connectivity index (χ2v) is 5.96. The summed E-state index contributed by atoms with van der Waals surface area (Å²) in [6.07, 6.45) is 2.85. The Balaban J connectivity index is 1.93. The lowest BCUT2D eigenvalue weighted by Gasteiger charge is -2.16. The zero-order valence-electron chi connectivity index (χ0n) is 12.9. The average molecular weight is 319 g/mol. The number of anilines is 2. The predicted molar refractivity (Wildman–Crippen MR) is 89.9 cm³/mol. The largest absolute Gasteiger partial charge is 0.872 e. The standard InChI is InChI=1S/C19H16N2O3/c22-13-4-1-3-12(10-13)20-18-14-5-2-6-16(14)21-17-8-7-11(19(23)24)9-15(17)18/h1,3-4,7-10,22H,2,5-6H2,(H,20,21)(H,23,24)/p-1. The van der Waals surface area contributed by atoms with Crippen molar-refractivity contribution in [1.82, 2.24) is 4.98 Å². The molecule has 5 heteroatoms. The van der Waals surface area contributed by atoms with Gasteiger partial charge in [0.1, 0.15) is 0 Å². The highest BCUT2D eigenvalue weighted by Gasteiger charge is 2.20. The minimum atomic E-state index is -0.968. The van der Waals surface area contributed by atoms with Crippen LogP contribution in [-0.4, -0.2) is 16.1 Å². The Morgan fingerprint density at radius 1 is 1.17 bits per heavy atom. The molecule has 0 radical (unpaired) electrons. The number of carboxylic acids is 1. The second-order valence-electron chi connectivity index (χ2n) is 5.96. The van der Waals surface area contributed by atoms with E-state index in [0.29, 0.717) is 5.69 Å². The fourth-order valence-electron chi connectivity index (χ4n) is 3.26. The summed E-state index contributed by atoms with van der Waals surface area (Å²) in [7, 11) is 0. The van der Waals surface area contributed by atoms with Gasteiger partial charge < -0.3 is 15.5 Å². The number of pyridine rings is 1. The Bertz CT molecular complexity index is 966. The van der Waals surface area contributed by atoms with E-state index in [4.69, 9.17) is 0 Å². The Hall–Kier alpha value is -3.08. The van der Waals surface area contributed by atoms with Gasteiger partial charge in [0.15, 0.2) is 0 Å². The third-order valence-corrected chi connectivity index (χ3v) is 4.36. The number of benzene rings is 2. The van der Waals surface area contributed by atoms with Gasteiger partial charge in [-0.25, -0.2) is 4.79 Å². The van der Waals surface area contributed by atoms with E-state index in [-0.39, 0.29) is 11.3 Å². The molecule has 0 bridgehead atoms. The first-order valence-electron chi connectivity index (χ1n) is 7.85. The summed E-state index contributed by atoms with van der Waals surface area (Å²) >= 11 is 0. The number of carbonyl (C=O) groups is 1. The molecule has 0 saturated carbocycles. The Labute approximate surface area is 138 Å². The maximum Gasteiger partial charge on any atom is 0.335 e. The van der Waals surface area contributed by atoms with E-state index in [1.807, 2.05) is 6.07 Å². The van der Waals surface area contributed by atoms with Gasteiger partial charge in [0.25, 0.3) is 0 Å².